The molecular formula is C14H18N2OS. The van der Waals surface area contributed by atoms with E-state index in [0.29, 0.717) is 11.4 Å². The largest absolute Gasteiger partial charge is 0.346 e. The third kappa shape index (κ3) is 2.92. The van der Waals surface area contributed by atoms with Crippen molar-refractivity contribution in [2.75, 3.05) is 6.54 Å². The highest BCUT2D eigenvalue weighted by Gasteiger charge is 2.31. The molecule has 0 unspecified atom stereocenters. The fraction of sp³-hybridized carbons (Fsp3) is 0.500. The van der Waals surface area contributed by atoms with Crippen molar-refractivity contribution in [2.24, 2.45) is 5.73 Å². The van der Waals surface area contributed by atoms with E-state index in [9.17, 15) is 4.79 Å². The molecular weight excluding hydrogens is 244 g/mol. The van der Waals surface area contributed by atoms with Crippen LogP contribution in [-0.2, 0) is 0 Å². The van der Waals surface area contributed by atoms with Gasteiger partial charge in [0.15, 0.2) is 0 Å². The van der Waals surface area contributed by atoms with E-state index in [0.717, 1.165) is 18.4 Å². The lowest BCUT2D eigenvalue weighted by Crippen LogP contribution is -2.43. The van der Waals surface area contributed by atoms with Gasteiger partial charge in [-0.25, -0.2) is 0 Å². The highest BCUT2D eigenvalue weighted by molar-refractivity contribution is 7.12. The van der Waals surface area contributed by atoms with Crippen molar-refractivity contribution >= 4 is 17.2 Å². The van der Waals surface area contributed by atoms with Crippen molar-refractivity contribution in [1.82, 2.24) is 5.32 Å². The number of thiophene rings is 1. The lowest BCUT2D eigenvalue weighted by molar-refractivity contribution is 0.0912. The third-order valence-electron chi connectivity index (χ3n) is 3.32. The Morgan fingerprint density at radius 3 is 2.94 bits per heavy atom. The highest BCUT2D eigenvalue weighted by Crippen LogP contribution is 2.29. The predicted molar refractivity (Wildman–Crippen MR) is 74.6 cm³/mol. The minimum Gasteiger partial charge on any atom is -0.346 e. The number of nitrogens with two attached hydrogens (primary N) is 1. The zero-order valence-corrected chi connectivity index (χ0v) is 11.4. The maximum Gasteiger partial charge on any atom is 0.263 e. The Kier molecular flexibility index (Phi) is 4.05. The maximum absolute atomic E-state index is 12.3. The average molecular weight is 262 g/mol. The molecule has 1 aromatic rings. The summed E-state index contributed by atoms with van der Waals surface area (Å²) in [6, 6.07) is 1.87. The lowest BCUT2D eigenvalue weighted by atomic mass is 10.0. The van der Waals surface area contributed by atoms with Gasteiger partial charge in [0.25, 0.3) is 5.91 Å². The first kappa shape index (κ1) is 13.1. The second kappa shape index (κ2) is 5.55. The molecule has 0 atom stereocenters. The molecule has 0 spiro atoms. The summed E-state index contributed by atoms with van der Waals surface area (Å²) >= 11 is 1.43. The highest BCUT2D eigenvalue weighted by atomic mass is 32.1. The van der Waals surface area contributed by atoms with Crippen LogP contribution < -0.4 is 11.1 Å². The van der Waals surface area contributed by atoms with Gasteiger partial charge in [-0.2, -0.15) is 0 Å². The van der Waals surface area contributed by atoms with Crippen molar-refractivity contribution in [3.63, 3.8) is 0 Å². The van der Waals surface area contributed by atoms with Crippen molar-refractivity contribution in [3.8, 4) is 11.8 Å². The number of rotatable bonds is 2. The zero-order valence-electron chi connectivity index (χ0n) is 10.6. The Labute approximate surface area is 112 Å². The fourth-order valence-corrected chi connectivity index (χ4v) is 3.09. The van der Waals surface area contributed by atoms with Crippen LogP contribution in [0.25, 0.3) is 0 Å². The molecule has 3 N–H and O–H groups in total. The van der Waals surface area contributed by atoms with E-state index in [2.05, 4.69) is 24.1 Å². The number of carbonyl (C=O) groups is 1. The van der Waals surface area contributed by atoms with Crippen LogP contribution in [0, 0.1) is 11.8 Å². The van der Waals surface area contributed by atoms with E-state index in [1.54, 1.807) is 0 Å². The smallest absolute Gasteiger partial charge is 0.263 e. The van der Waals surface area contributed by atoms with E-state index in [4.69, 9.17) is 5.73 Å². The van der Waals surface area contributed by atoms with Crippen LogP contribution in [0.2, 0.25) is 0 Å². The molecule has 1 aromatic heterocycles. The van der Waals surface area contributed by atoms with Crippen molar-refractivity contribution in [2.45, 2.75) is 38.1 Å². The summed E-state index contributed by atoms with van der Waals surface area (Å²) in [7, 11) is 0. The van der Waals surface area contributed by atoms with Crippen LogP contribution in [0.5, 0.6) is 0 Å². The number of nitrogens with one attached hydrogen (secondary N) is 1. The number of carbonyl (C=O) groups excluding carboxylic acids is 1. The molecule has 1 amide bonds. The summed E-state index contributed by atoms with van der Waals surface area (Å²) in [5.74, 6) is 5.74. The molecule has 1 heterocycles. The molecule has 1 aliphatic rings. The van der Waals surface area contributed by atoms with E-state index in [1.807, 2.05) is 11.4 Å². The first-order valence-electron chi connectivity index (χ1n) is 6.23. The van der Waals surface area contributed by atoms with Gasteiger partial charge in [-0.05, 0) is 31.2 Å². The van der Waals surface area contributed by atoms with Gasteiger partial charge in [0.2, 0.25) is 0 Å². The lowest BCUT2D eigenvalue weighted by Gasteiger charge is -2.24. The molecule has 0 aliphatic heterocycles. The third-order valence-corrected chi connectivity index (χ3v) is 4.23. The monoisotopic (exact) mass is 262 g/mol. The van der Waals surface area contributed by atoms with E-state index < -0.39 is 0 Å². The molecule has 2 rings (SSSR count). The van der Waals surface area contributed by atoms with E-state index in [-0.39, 0.29) is 11.4 Å². The molecule has 18 heavy (non-hydrogen) atoms. The van der Waals surface area contributed by atoms with Crippen LogP contribution in [0.3, 0.4) is 0 Å². The Bertz CT molecular complexity index is 489. The van der Waals surface area contributed by atoms with Crippen LogP contribution in [0.15, 0.2) is 11.4 Å². The summed E-state index contributed by atoms with van der Waals surface area (Å²) < 4.78 is 0. The molecule has 1 aliphatic carbocycles. The second-order valence-corrected chi connectivity index (χ2v) is 5.81. The van der Waals surface area contributed by atoms with E-state index in [1.165, 1.54) is 24.2 Å². The first-order valence-corrected chi connectivity index (χ1v) is 7.11. The second-order valence-electron chi connectivity index (χ2n) is 4.89. The molecule has 1 fully saturated rings. The van der Waals surface area contributed by atoms with Crippen LogP contribution >= 0.6 is 11.3 Å². The van der Waals surface area contributed by atoms with Gasteiger partial charge < -0.3 is 11.1 Å². The van der Waals surface area contributed by atoms with Gasteiger partial charge >= 0.3 is 0 Å². The van der Waals surface area contributed by atoms with Crippen molar-refractivity contribution < 1.29 is 4.79 Å². The van der Waals surface area contributed by atoms with Crippen LogP contribution in [-0.4, -0.2) is 18.0 Å². The molecule has 3 nitrogen and oxygen atoms in total. The Hall–Kier alpha value is -1.31. The van der Waals surface area contributed by atoms with Gasteiger partial charge in [0.1, 0.15) is 4.88 Å². The normalized spacial score (nSPS) is 17.0. The number of hydrogen-bond donors (Lipinski definition) is 2. The van der Waals surface area contributed by atoms with Crippen molar-refractivity contribution in [1.29, 1.82) is 0 Å². The SMILES string of the molecule is CC1(NC(=O)c2sccc2C#CCN)CCCC1. The summed E-state index contributed by atoms with van der Waals surface area (Å²) in [5, 5.41) is 5.04. The summed E-state index contributed by atoms with van der Waals surface area (Å²) in [5.41, 5.74) is 6.09. The number of hydrogen-bond acceptors (Lipinski definition) is 3. The number of amides is 1. The van der Waals surface area contributed by atoms with Gasteiger partial charge in [-0.1, -0.05) is 24.7 Å². The molecule has 0 radical (unpaired) electrons. The topological polar surface area (TPSA) is 55.1 Å². The molecule has 0 saturated heterocycles. The Balaban J connectivity index is 2.11. The Morgan fingerprint density at radius 2 is 2.28 bits per heavy atom. The fourth-order valence-electron chi connectivity index (χ4n) is 2.34. The molecule has 4 heteroatoms. The molecule has 96 valence electrons. The standard InChI is InChI=1S/C14H18N2OS/c1-14(7-2-3-8-14)16-13(17)12-11(5-4-9-15)6-10-18-12/h6,10H,2-3,7-9,15H2,1H3,(H,16,17). The quantitative estimate of drug-likeness (QED) is 0.802. The maximum atomic E-state index is 12.3. The zero-order chi connectivity index (χ0) is 13.0. The van der Waals surface area contributed by atoms with Crippen LogP contribution in [0.4, 0.5) is 0 Å². The van der Waals surface area contributed by atoms with E-state index >= 15 is 0 Å². The van der Waals surface area contributed by atoms with Gasteiger partial charge in [0, 0.05) is 11.1 Å². The summed E-state index contributed by atoms with van der Waals surface area (Å²) in [6.45, 7) is 2.44. The average Bonchev–Trinajstić information content (AvgIpc) is 2.95. The molecule has 0 aromatic carbocycles. The van der Waals surface area contributed by atoms with Gasteiger partial charge in [0.05, 0.1) is 6.54 Å². The summed E-state index contributed by atoms with van der Waals surface area (Å²) in [4.78, 5) is 12.9. The van der Waals surface area contributed by atoms with Crippen LogP contribution in [0.1, 0.15) is 47.8 Å². The Morgan fingerprint density at radius 1 is 1.56 bits per heavy atom. The predicted octanol–water partition coefficient (Wildman–Crippen LogP) is 2.12. The minimum absolute atomic E-state index is 0.00396. The van der Waals surface area contributed by atoms with Gasteiger partial charge in [-0.15, -0.1) is 11.3 Å². The minimum atomic E-state index is -0.0420. The molecule has 0 bridgehead atoms. The summed E-state index contributed by atoms with van der Waals surface area (Å²) in [6.07, 6.45) is 4.52. The molecule has 1 saturated carbocycles. The van der Waals surface area contributed by atoms with Gasteiger partial charge in [-0.3, -0.25) is 4.79 Å². The first-order chi connectivity index (χ1) is 8.64. The van der Waals surface area contributed by atoms with Crippen molar-refractivity contribution in [3.05, 3.63) is 21.9 Å².